The molecular weight excluding hydrogens is 561 g/mol. The fraction of sp³-hybridized carbons (Fsp3) is 0.133. The van der Waals surface area contributed by atoms with Crippen LogP contribution in [0.2, 0.25) is 10.0 Å². The SMILES string of the molecule is Cc1ccc(Oc2c(C)c(Cl)c(Oc3ccc(NC(=O)NC(=O)c4c(F)cccc4F)cc3)c(C)c2Cl)c(C)c1. The molecule has 4 rings (SSSR count). The zero-order chi connectivity index (χ0) is 29.1. The van der Waals surface area contributed by atoms with Gasteiger partial charge in [0.05, 0.1) is 10.0 Å². The Bertz CT molecular complexity index is 1580. The van der Waals surface area contributed by atoms with Crippen LogP contribution in [0.4, 0.5) is 19.3 Å². The Morgan fingerprint density at radius 1 is 0.775 bits per heavy atom. The molecule has 0 saturated heterocycles. The zero-order valence-corrected chi connectivity index (χ0v) is 23.4. The van der Waals surface area contributed by atoms with E-state index in [1.54, 1.807) is 26.0 Å². The first-order valence-corrected chi connectivity index (χ1v) is 12.8. The monoisotopic (exact) mass is 584 g/mol. The number of nitrogens with one attached hydrogen (secondary N) is 2. The molecule has 0 bridgehead atoms. The van der Waals surface area contributed by atoms with Crippen molar-refractivity contribution in [1.29, 1.82) is 0 Å². The summed E-state index contributed by atoms with van der Waals surface area (Å²) in [6.45, 7) is 7.48. The standard InChI is InChI=1S/C30H24Cl2F2N2O4/c1-15-8-13-23(16(2)14-15)40-28-18(4)25(31)27(17(3)26(28)32)39-20-11-9-19(10-12-20)35-30(38)36-29(37)24-21(33)6-5-7-22(24)34/h5-14H,1-4H3,(H2,35,36,37,38). The Balaban J connectivity index is 1.47. The van der Waals surface area contributed by atoms with Crippen LogP contribution >= 0.6 is 23.2 Å². The molecule has 206 valence electrons. The first kappa shape index (κ1) is 28.9. The minimum absolute atomic E-state index is 0.293. The Hall–Kier alpha value is -4.14. The number of benzene rings is 4. The number of carbonyl (C=O) groups excluding carboxylic acids is 2. The second-order valence-corrected chi connectivity index (χ2v) is 9.79. The molecule has 40 heavy (non-hydrogen) atoms. The second kappa shape index (κ2) is 11.9. The highest BCUT2D eigenvalue weighted by molar-refractivity contribution is 6.36. The minimum atomic E-state index is -1.21. The summed E-state index contributed by atoms with van der Waals surface area (Å²) in [6.07, 6.45) is 0. The van der Waals surface area contributed by atoms with Crippen LogP contribution in [0, 0.1) is 39.3 Å². The van der Waals surface area contributed by atoms with E-state index in [4.69, 9.17) is 32.7 Å². The molecule has 0 atom stereocenters. The van der Waals surface area contributed by atoms with Crippen molar-refractivity contribution in [2.24, 2.45) is 0 Å². The summed E-state index contributed by atoms with van der Waals surface area (Å²) in [5.74, 6) is -1.56. The average Bonchev–Trinajstić information content (AvgIpc) is 2.90. The van der Waals surface area contributed by atoms with Crippen LogP contribution in [0.1, 0.15) is 32.6 Å². The van der Waals surface area contributed by atoms with Crippen LogP contribution in [0.25, 0.3) is 0 Å². The molecule has 3 amide bonds. The Morgan fingerprint density at radius 3 is 1.93 bits per heavy atom. The van der Waals surface area contributed by atoms with Crippen LogP contribution in [0.5, 0.6) is 23.0 Å². The van der Waals surface area contributed by atoms with Crippen molar-refractivity contribution in [3.8, 4) is 23.0 Å². The lowest BCUT2D eigenvalue weighted by Crippen LogP contribution is -2.35. The lowest BCUT2D eigenvalue weighted by molar-refractivity contribution is 0.0959. The quantitative estimate of drug-likeness (QED) is 0.237. The van der Waals surface area contributed by atoms with E-state index in [2.05, 4.69) is 5.32 Å². The van der Waals surface area contributed by atoms with E-state index in [-0.39, 0.29) is 0 Å². The van der Waals surface area contributed by atoms with Gasteiger partial charge in [-0.05, 0) is 75.7 Å². The van der Waals surface area contributed by atoms with Crippen molar-refractivity contribution in [3.63, 3.8) is 0 Å². The number of hydrogen-bond donors (Lipinski definition) is 2. The topological polar surface area (TPSA) is 76.7 Å². The normalized spacial score (nSPS) is 10.7. The molecule has 0 unspecified atom stereocenters. The van der Waals surface area contributed by atoms with Crippen molar-refractivity contribution in [1.82, 2.24) is 5.32 Å². The van der Waals surface area contributed by atoms with Gasteiger partial charge in [-0.15, -0.1) is 0 Å². The molecule has 0 heterocycles. The van der Waals surface area contributed by atoms with E-state index in [0.29, 0.717) is 49.9 Å². The molecule has 4 aromatic carbocycles. The fourth-order valence-corrected chi connectivity index (χ4v) is 4.43. The highest BCUT2D eigenvalue weighted by Gasteiger charge is 2.22. The Labute approximate surface area is 239 Å². The van der Waals surface area contributed by atoms with Crippen LogP contribution in [0.15, 0.2) is 60.7 Å². The smallest absolute Gasteiger partial charge is 0.326 e. The highest BCUT2D eigenvalue weighted by Crippen LogP contribution is 2.47. The molecule has 6 nitrogen and oxygen atoms in total. The molecule has 10 heteroatoms. The lowest BCUT2D eigenvalue weighted by Gasteiger charge is -2.19. The summed E-state index contributed by atoms with van der Waals surface area (Å²) in [4.78, 5) is 24.3. The third-order valence-electron chi connectivity index (χ3n) is 6.03. The summed E-state index contributed by atoms with van der Waals surface area (Å²) in [5, 5.41) is 4.98. The van der Waals surface area contributed by atoms with Crippen LogP contribution in [-0.4, -0.2) is 11.9 Å². The van der Waals surface area contributed by atoms with E-state index in [9.17, 15) is 18.4 Å². The molecule has 0 radical (unpaired) electrons. The molecule has 0 aliphatic rings. The number of urea groups is 1. The van der Waals surface area contributed by atoms with Gasteiger partial charge in [0.25, 0.3) is 5.91 Å². The van der Waals surface area contributed by atoms with Gasteiger partial charge in [-0.3, -0.25) is 10.1 Å². The van der Waals surface area contributed by atoms with Gasteiger partial charge in [-0.2, -0.15) is 0 Å². The largest absolute Gasteiger partial charge is 0.455 e. The van der Waals surface area contributed by atoms with Gasteiger partial charge in [-0.25, -0.2) is 13.6 Å². The summed E-state index contributed by atoms with van der Waals surface area (Å²) in [5.41, 5.74) is 2.67. The number of halogens is 4. The highest BCUT2D eigenvalue weighted by atomic mass is 35.5. The average molecular weight is 585 g/mol. The first-order valence-electron chi connectivity index (χ1n) is 12.0. The van der Waals surface area contributed by atoms with Crippen molar-refractivity contribution in [2.45, 2.75) is 27.7 Å². The zero-order valence-electron chi connectivity index (χ0n) is 21.9. The maximum Gasteiger partial charge on any atom is 0.326 e. The first-order chi connectivity index (χ1) is 19.0. The predicted molar refractivity (Wildman–Crippen MR) is 151 cm³/mol. The minimum Gasteiger partial charge on any atom is -0.455 e. The van der Waals surface area contributed by atoms with Gasteiger partial charge < -0.3 is 14.8 Å². The van der Waals surface area contributed by atoms with Crippen LogP contribution in [0.3, 0.4) is 0 Å². The third kappa shape index (κ3) is 6.19. The van der Waals surface area contributed by atoms with Crippen molar-refractivity contribution in [3.05, 3.63) is 110 Å². The molecule has 0 spiro atoms. The molecule has 2 N–H and O–H groups in total. The number of hydrogen-bond acceptors (Lipinski definition) is 4. The van der Waals surface area contributed by atoms with Crippen molar-refractivity contribution in [2.75, 3.05) is 5.32 Å². The molecule has 0 aliphatic carbocycles. The van der Waals surface area contributed by atoms with Gasteiger partial charge in [0, 0.05) is 16.8 Å². The van der Waals surface area contributed by atoms with Gasteiger partial charge in [0.1, 0.15) is 28.7 Å². The summed E-state index contributed by atoms with van der Waals surface area (Å²) in [6, 6.07) is 14.0. The van der Waals surface area contributed by atoms with Crippen molar-refractivity contribution >= 4 is 40.8 Å². The van der Waals surface area contributed by atoms with Gasteiger partial charge in [0.15, 0.2) is 11.5 Å². The van der Waals surface area contributed by atoms with E-state index in [1.165, 1.54) is 12.1 Å². The van der Waals surface area contributed by atoms with Gasteiger partial charge in [-0.1, -0.05) is 47.0 Å². The van der Waals surface area contributed by atoms with E-state index in [1.807, 2.05) is 37.4 Å². The van der Waals surface area contributed by atoms with E-state index < -0.39 is 29.1 Å². The summed E-state index contributed by atoms with van der Waals surface area (Å²) >= 11 is 13.3. The fourth-order valence-electron chi connectivity index (χ4n) is 3.90. The Morgan fingerprint density at radius 2 is 1.35 bits per heavy atom. The second-order valence-electron chi connectivity index (χ2n) is 9.04. The number of anilines is 1. The molecule has 0 fully saturated rings. The molecule has 4 aromatic rings. The maximum absolute atomic E-state index is 13.8. The number of rotatable bonds is 6. The van der Waals surface area contributed by atoms with Crippen LogP contribution in [-0.2, 0) is 0 Å². The van der Waals surface area contributed by atoms with Crippen molar-refractivity contribution < 1.29 is 27.8 Å². The Kier molecular flexibility index (Phi) is 8.61. The third-order valence-corrected chi connectivity index (χ3v) is 6.94. The molecule has 0 saturated carbocycles. The van der Waals surface area contributed by atoms with E-state index in [0.717, 1.165) is 29.3 Å². The molecule has 0 aliphatic heterocycles. The summed E-state index contributed by atoms with van der Waals surface area (Å²) < 4.78 is 39.7. The number of amides is 3. The molecule has 0 aromatic heterocycles. The lowest BCUT2D eigenvalue weighted by atomic mass is 10.1. The number of imide groups is 1. The number of aryl methyl sites for hydroxylation is 2. The summed E-state index contributed by atoms with van der Waals surface area (Å²) in [7, 11) is 0. The molecular formula is C30H24Cl2F2N2O4. The van der Waals surface area contributed by atoms with Gasteiger partial charge >= 0.3 is 6.03 Å². The predicted octanol–water partition coefficient (Wildman–Crippen LogP) is 9.05. The number of carbonyl (C=O) groups is 2. The number of ether oxygens (including phenoxy) is 2. The maximum atomic E-state index is 13.8. The van der Waals surface area contributed by atoms with E-state index >= 15 is 0 Å². The van der Waals surface area contributed by atoms with Crippen LogP contribution < -0.4 is 20.1 Å². The van der Waals surface area contributed by atoms with Gasteiger partial charge in [0.2, 0.25) is 0 Å².